The summed E-state index contributed by atoms with van der Waals surface area (Å²) in [7, 11) is 0. The number of likely N-dealkylation sites (tertiary alicyclic amines) is 2. The fourth-order valence-corrected chi connectivity index (χ4v) is 5.07. The lowest BCUT2D eigenvalue weighted by molar-refractivity contribution is 0.0176. The van der Waals surface area contributed by atoms with Crippen LogP contribution in [0.25, 0.3) is 0 Å². The monoisotopic (exact) mass is 376 g/mol. The number of piperidine rings is 2. The molecule has 0 spiro atoms. The van der Waals surface area contributed by atoms with Crippen molar-refractivity contribution in [3.8, 4) is 0 Å². The summed E-state index contributed by atoms with van der Waals surface area (Å²) < 4.78 is 27.0. The molecule has 1 amide bonds. The molecule has 6 heteroatoms. The average Bonchev–Trinajstić information content (AvgIpc) is 3.14. The quantitative estimate of drug-likeness (QED) is 0.803. The molecule has 2 saturated heterocycles. The van der Waals surface area contributed by atoms with Crippen LogP contribution in [0.15, 0.2) is 35.7 Å². The van der Waals surface area contributed by atoms with E-state index in [-0.39, 0.29) is 5.91 Å². The summed E-state index contributed by atoms with van der Waals surface area (Å²) in [6.07, 6.45) is 3.08. The topological polar surface area (TPSA) is 23.6 Å². The maximum Gasteiger partial charge on any atom is 0.263 e. The van der Waals surface area contributed by atoms with Crippen LogP contribution >= 0.6 is 11.3 Å². The number of rotatable bonds is 3. The van der Waals surface area contributed by atoms with E-state index in [1.54, 1.807) is 0 Å². The zero-order valence-electron chi connectivity index (χ0n) is 14.5. The van der Waals surface area contributed by atoms with Crippen LogP contribution in [0, 0.1) is 17.6 Å². The Bertz CT molecular complexity index is 760. The van der Waals surface area contributed by atoms with Gasteiger partial charge in [-0.3, -0.25) is 9.69 Å². The summed E-state index contributed by atoms with van der Waals surface area (Å²) in [6, 6.07) is 7.92. The van der Waals surface area contributed by atoms with Crippen LogP contribution < -0.4 is 0 Å². The van der Waals surface area contributed by atoms with Gasteiger partial charge in [-0.1, -0.05) is 6.07 Å². The molecule has 0 N–H and O–H groups in total. The zero-order chi connectivity index (χ0) is 18.1. The lowest BCUT2D eigenvalue weighted by Crippen LogP contribution is -2.54. The van der Waals surface area contributed by atoms with Crippen LogP contribution in [-0.4, -0.2) is 41.4 Å². The predicted molar refractivity (Wildman–Crippen MR) is 98.1 cm³/mol. The van der Waals surface area contributed by atoms with Gasteiger partial charge < -0.3 is 4.90 Å². The first-order chi connectivity index (χ1) is 12.6. The van der Waals surface area contributed by atoms with Crippen LogP contribution in [0.2, 0.25) is 0 Å². The molecule has 26 heavy (non-hydrogen) atoms. The normalized spacial score (nSPS) is 23.7. The Kier molecular flexibility index (Phi) is 5.05. The Morgan fingerprint density at radius 1 is 1.15 bits per heavy atom. The third-order valence-electron chi connectivity index (χ3n) is 5.51. The molecule has 0 radical (unpaired) electrons. The van der Waals surface area contributed by atoms with Gasteiger partial charge in [0, 0.05) is 31.7 Å². The molecule has 0 bridgehead atoms. The second kappa shape index (κ2) is 7.45. The number of fused-ring (bicyclic) bond motifs is 1. The number of nitrogens with zero attached hydrogens (tertiary/aromatic N) is 2. The summed E-state index contributed by atoms with van der Waals surface area (Å²) in [5.41, 5.74) is 0.681. The fraction of sp³-hybridized carbons (Fsp3) is 0.450. The molecule has 0 saturated carbocycles. The highest BCUT2D eigenvalue weighted by atomic mass is 32.1. The molecule has 0 unspecified atom stereocenters. The molecule has 2 aliphatic rings. The molecule has 2 aliphatic heterocycles. The van der Waals surface area contributed by atoms with Crippen molar-refractivity contribution >= 4 is 17.2 Å². The average molecular weight is 376 g/mol. The van der Waals surface area contributed by atoms with Gasteiger partial charge in [-0.15, -0.1) is 11.3 Å². The lowest BCUT2D eigenvalue weighted by Gasteiger charge is -2.47. The molecule has 2 fully saturated rings. The fourth-order valence-electron chi connectivity index (χ4n) is 4.38. The van der Waals surface area contributed by atoms with Gasteiger partial charge in [0.05, 0.1) is 4.88 Å². The minimum Gasteiger partial charge on any atom is -0.338 e. The van der Waals surface area contributed by atoms with Gasteiger partial charge in [-0.25, -0.2) is 8.78 Å². The van der Waals surface area contributed by atoms with Gasteiger partial charge in [-0.05, 0) is 60.9 Å². The van der Waals surface area contributed by atoms with E-state index in [1.807, 2.05) is 22.4 Å². The van der Waals surface area contributed by atoms with Gasteiger partial charge in [0.15, 0.2) is 0 Å². The Morgan fingerprint density at radius 3 is 2.69 bits per heavy atom. The van der Waals surface area contributed by atoms with Crippen molar-refractivity contribution in [2.24, 2.45) is 5.92 Å². The number of carbonyl (C=O) groups excluding carboxylic acids is 1. The van der Waals surface area contributed by atoms with E-state index in [1.165, 1.54) is 23.5 Å². The first-order valence-electron chi connectivity index (χ1n) is 9.12. The minimum atomic E-state index is -0.523. The number of amides is 1. The summed E-state index contributed by atoms with van der Waals surface area (Å²) in [4.78, 5) is 17.7. The van der Waals surface area contributed by atoms with Gasteiger partial charge in [0.1, 0.15) is 11.6 Å². The standard InChI is InChI=1S/C20H22F2N2OS/c21-16-9-14(10-17(22)11-16)12-23-6-1-3-15-13-24(7-5-18(15)23)20(25)19-4-2-8-26-19/h2,4,8-11,15,18H,1,3,5-7,12-13H2/t15-,18+/m1/s1. The molecule has 4 rings (SSSR count). The molecule has 1 aromatic heterocycles. The maximum atomic E-state index is 13.5. The zero-order valence-corrected chi connectivity index (χ0v) is 15.4. The molecule has 3 nitrogen and oxygen atoms in total. The summed E-state index contributed by atoms with van der Waals surface area (Å²) >= 11 is 1.49. The highest BCUT2D eigenvalue weighted by Gasteiger charge is 2.37. The van der Waals surface area contributed by atoms with E-state index in [4.69, 9.17) is 0 Å². The van der Waals surface area contributed by atoms with Crippen molar-refractivity contribution in [2.45, 2.75) is 31.8 Å². The number of carbonyl (C=O) groups is 1. The van der Waals surface area contributed by atoms with E-state index in [2.05, 4.69) is 4.90 Å². The van der Waals surface area contributed by atoms with Crippen molar-refractivity contribution in [1.29, 1.82) is 0 Å². The van der Waals surface area contributed by atoms with Gasteiger partial charge in [0.25, 0.3) is 5.91 Å². The van der Waals surface area contributed by atoms with E-state index < -0.39 is 11.6 Å². The maximum absolute atomic E-state index is 13.5. The number of hydrogen-bond acceptors (Lipinski definition) is 3. The van der Waals surface area contributed by atoms with Crippen molar-refractivity contribution in [2.75, 3.05) is 19.6 Å². The Balaban J connectivity index is 1.44. The van der Waals surface area contributed by atoms with Crippen LogP contribution in [-0.2, 0) is 6.54 Å². The molecule has 1 aromatic carbocycles. The highest BCUT2D eigenvalue weighted by Crippen LogP contribution is 2.32. The third kappa shape index (κ3) is 3.67. The molecule has 2 atom stereocenters. The Morgan fingerprint density at radius 2 is 1.96 bits per heavy atom. The summed E-state index contributed by atoms with van der Waals surface area (Å²) in [5.74, 6) is -0.488. The Labute approximate surface area is 156 Å². The van der Waals surface area contributed by atoms with Crippen LogP contribution in [0.3, 0.4) is 0 Å². The van der Waals surface area contributed by atoms with Crippen molar-refractivity contribution in [3.05, 3.63) is 57.8 Å². The predicted octanol–water partition coefficient (Wildman–Crippen LogP) is 4.15. The van der Waals surface area contributed by atoms with Crippen LogP contribution in [0.4, 0.5) is 8.78 Å². The first-order valence-corrected chi connectivity index (χ1v) is 10.00. The van der Waals surface area contributed by atoms with Crippen molar-refractivity contribution < 1.29 is 13.6 Å². The smallest absolute Gasteiger partial charge is 0.263 e. The second-order valence-corrected chi connectivity index (χ2v) is 8.18. The van der Waals surface area contributed by atoms with Crippen molar-refractivity contribution in [3.63, 3.8) is 0 Å². The van der Waals surface area contributed by atoms with E-state index >= 15 is 0 Å². The van der Waals surface area contributed by atoms with Crippen molar-refractivity contribution in [1.82, 2.24) is 9.80 Å². The molecule has 138 valence electrons. The number of halogens is 2. The molecule has 2 aromatic rings. The highest BCUT2D eigenvalue weighted by molar-refractivity contribution is 7.12. The second-order valence-electron chi connectivity index (χ2n) is 7.23. The summed E-state index contributed by atoms with van der Waals surface area (Å²) in [5, 5.41) is 1.93. The van der Waals surface area contributed by atoms with Gasteiger partial charge >= 0.3 is 0 Å². The van der Waals surface area contributed by atoms with Gasteiger partial charge in [-0.2, -0.15) is 0 Å². The lowest BCUT2D eigenvalue weighted by atomic mass is 9.83. The molecular formula is C20H22F2N2OS. The number of thiophene rings is 1. The molecule has 0 aliphatic carbocycles. The molecule has 3 heterocycles. The van der Waals surface area contributed by atoms with E-state index in [0.717, 1.165) is 49.8 Å². The van der Waals surface area contributed by atoms with E-state index in [9.17, 15) is 13.6 Å². The largest absolute Gasteiger partial charge is 0.338 e. The van der Waals surface area contributed by atoms with Crippen LogP contribution in [0.5, 0.6) is 0 Å². The van der Waals surface area contributed by atoms with Crippen LogP contribution in [0.1, 0.15) is 34.5 Å². The third-order valence-corrected chi connectivity index (χ3v) is 6.37. The number of hydrogen-bond donors (Lipinski definition) is 0. The number of benzene rings is 1. The SMILES string of the molecule is O=C(c1cccs1)N1CC[C@H]2[C@H](CCCN2Cc2cc(F)cc(F)c2)C1. The van der Waals surface area contributed by atoms with Gasteiger partial charge in [0.2, 0.25) is 0 Å². The minimum absolute atomic E-state index is 0.128. The first kappa shape index (κ1) is 17.6. The molecular weight excluding hydrogens is 354 g/mol. The van der Waals surface area contributed by atoms with E-state index in [0.29, 0.717) is 24.1 Å². The Hall–Kier alpha value is -1.79. The summed E-state index contributed by atoms with van der Waals surface area (Å²) in [6.45, 7) is 3.02.